The van der Waals surface area contributed by atoms with E-state index in [0.29, 0.717) is 46.9 Å². The number of hydrogen-bond acceptors (Lipinski definition) is 4. The highest BCUT2D eigenvalue weighted by molar-refractivity contribution is 7.16. The summed E-state index contributed by atoms with van der Waals surface area (Å²) in [5, 5.41) is 13.0. The van der Waals surface area contributed by atoms with E-state index in [-0.39, 0.29) is 29.2 Å². The van der Waals surface area contributed by atoms with E-state index >= 15 is 0 Å². The van der Waals surface area contributed by atoms with E-state index < -0.39 is 23.5 Å². The van der Waals surface area contributed by atoms with Gasteiger partial charge in [-0.2, -0.15) is 26.3 Å². The molecule has 224 valence electrons. The highest BCUT2D eigenvalue weighted by Gasteiger charge is 2.59. The highest BCUT2D eigenvalue weighted by atomic mass is 32.1. The summed E-state index contributed by atoms with van der Waals surface area (Å²) in [7, 11) is 0. The Kier molecular flexibility index (Phi) is 6.88. The van der Waals surface area contributed by atoms with Gasteiger partial charge in [-0.3, -0.25) is 0 Å². The number of aliphatic hydroxyl groups excluding tert-OH is 1. The van der Waals surface area contributed by atoms with Gasteiger partial charge in [0.15, 0.2) is 5.13 Å². The van der Waals surface area contributed by atoms with Crippen LogP contribution in [0.15, 0.2) is 24.3 Å². The lowest BCUT2D eigenvalue weighted by Crippen LogP contribution is -2.50. The van der Waals surface area contributed by atoms with Gasteiger partial charge in [0.2, 0.25) is 0 Å². The van der Waals surface area contributed by atoms with Crippen molar-refractivity contribution < 1.29 is 31.4 Å². The number of anilines is 2. The monoisotopic (exact) mass is 598 g/mol. The van der Waals surface area contributed by atoms with Gasteiger partial charge >= 0.3 is 12.4 Å². The highest BCUT2D eigenvalue weighted by Crippen LogP contribution is 2.68. The molecular formula is C31H36F6N2OS. The van der Waals surface area contributed by atoms with Crippen LogP contribution in [-0.2, 0) is 18.8 Å². The molecule has 6 rings (SSSR count). The Balaban J connectivity index is 1.29. The average molecular weight is 599 g/mol. The van der Waals surface area contributed by atoms with E-state index in [1.165, 1.54) is 29.8 Å². The summed E-state index contributed by atoms with van der Waals surface area (Å²) in [5.74, 6) is 2.57. The number of nitrogens with zero attached hydrogens (tertiary/aromatic N) is 1. The van der Waals surface area contributed by atoms with Crippen LogP contribution in [0.25, 0.3) is 5.57 Å². The van der Waals surface area contributed by atoms with Crippen LogP contribution in [0.2, 0.25) is 0 Å². The molecule has 0 bridgehead atoms. The maximum absolute atomic E-state index is 13.4. The van der Waals surface area contributed by atoms with Gasteiger partial charge in [-0.15, -0.1) is 0 Å². The number of nitrogens with one attached hydrogen (secondary N) is 1. The fourth-order valence-corrected chi connectivity index (χ4v) is 10.4. The summed E-state index contributed by atoms with van der Waals surface area (Å²) >= 11 is 1.33. The predicted molar refractivity (Wildman–Crippen MR) is 148 cm³/mol. The van der Waals surface area contributed by atoms with Crippen LogP contribution in [-0.4, -0.2) is 16.7 Å². The summed E-state index contributed by atoms with van der Waals surface area (Å²) in [5.41, 5.74) is -0.673. The number of aliphatic hydroxyl groups is 1. The molecule has 1 aromatic carbocycles. The quantitative estimate of drug-likeness (QED) is 0.345. The van der Waals surface area contributed by atoms with Crippen LogP contribution in [0, 0.1) is 40.4 Å². The van der Waals surface area contributed by atoms with Gasteiger partial charge in [0.1, 0.15) is 0 Å². The maximum atomic E-state index is 13.4. The van der Waals surface area contributed by atoms with Gasteiger partial charge < -0.3 is 10.4 Å². The number of hydrogen-bond donors (Lipinski definition) is 2. The average Bonchev–Trinajstić information content (AvgIpc) is 3.47. The van der Waals surface area contributed by atoms with E-state index in [1.54, 1.807) is 0 Å². The van der Waals surface area contributed by atoms with Crippen molar-refractivity contribution in [3.8, 4) is 0 Å². The molecule has 3 nitrogen and oxygen atoms in total. The molecule has 2 aromatic rings. The third-order valence-electron chi connectivity index (χ3n) is 11.2. The van der Waals surface area contributed by atoms with Crippen molar-refractivity contribution in [1.29, 1.82) is 0 Å². The van der Waals surface area contributed by atoms with Crippen molar-refractivity contribution >= 4 is 27.7 Å². The third-order valence-corrected chi connectivity index (χ3v) is 12.2. The summed E-state index contributed by atoms with van der Waals surface area (Å²) in [6, 6.07) is 1.55. The molecule has 4 aliphatic rings. The van der Waals surface area contributed by atoms with Crippen LogP contribution < -0.4 is 5.32 Å². The number of allylic oxidation sites excluding steroid dienone is 2. The Hall–Kier alpha value is -2.07. The van der Waals surface area contributed by atoms with E-state index in [0.717, 1.165) is 42.7 Å². The van der Waals surface area contributed by atoms with E-state index in [9.17, 15) is 31.4 Å². The molecule has 0 saturated heterocycles. The zero-order valence-electron chi connectivity index (χ0n) is 23.4. The Bertz CT molecular complexity index is 1330. The molecule has 0 spiro atoms. The lowest BCUT2D eigenvalue weighted by molar-refractivity contribution is -0.143. The first-order valence-electron chi connectivity index (χ1n) is 14.5. The molecule has 7 atom stereocenters. The van der Waals surface area contributed by atoms with Crippen molar-refractivity contribution in [2.24, 2.45) is 40.4 Å². The van der Waals surface area contributed by atoms with Crippen molar-refractivity contribution in [1.82, 2.24) is 4.98 Å². The number of halogens is 6. The number of alkyl halides is 6. The minimum atomic E-state index is -4.91. The number of fused-ring (bicyclic) bond motifs is 7. The Morgan fingerprint density at radius 1 is 1.00 bits per heavy atom. The van der Waals surface area contributed by atoms with Crippen LogP contribution in [0.3, 0.4) is 0 Å². The SMILES string of the molecule is C[C@H](CO)[C@H]1CC[C@H]2[C@@H]3CC=C4c5sc(Nc6cc(C(F)(F)F)cc(C(F)(F)F)c6)nc5CC[C@]4(C)[C@H]3CC[C@]12C. The fourth-order valence-electron chi connectivity index (χ4n) is 9.18. The molecule has 4 aliphatic carbocycles. The van der Waals surface area contributed by atoms with Crippen molar-refractivity contribution in [3.63, 3.8) is 0 Å². The van der Waals surface area contributed by atoms with Crippen LogP contribution in [0.1, 0.15) is 81.0 Å². The minimum Gasteiger partial charge on any atom is -0.396 e. The Morgan fingerprint density at radius 2 is 1.68 bits per heavy atom. The number of thiazole rings is 1. The topological polar surface area (TPSA) is 45.1 Å². The first kappa shape index (κ1) is 29.0. The standard InChI is InChI=1S/C31H36F6N2OS/c1-16(15-40)21-6-7-22-20-4-5-24-26-25(9-11-29(24,3)23(20)8-10-28(21,22)2)39-27(41-26)38-19-13-17(30(32,33)34)12-18(14-19)31(35,36)37/h5,12-14,16,20-23,40H,4,6-11,15H2,1-3H3,(H,38,39)/t16-,20+,21-,22+,23+,28-,29-/m1/s1. The van der Waals surface area contributed by atoms with Crippen molar-refractivity contribution in [2.75, 3.05) is 11.9 Å². The molecule has 0 radical (unpaired) electrons. The molecule has 1 heterocycles. The third kappa shape index (κ3) is 4.71. The number of rotatable bonds is 4. The summed E-state index contributed by atoms with van der Waals surface area (Å²) < 4.78 is 80.3. The maximum Gasteiger partial charge on any atom is 0.416 e. The van der Waals surface area contributed by atoms with Crippen LogP contribution in [0.4, 0.5) is 37.2 Å². The molecule has 2 saturated carbocycles. The second kappa shape index (κ2) is 9.73. The number of aryl methyl sites for hydroxylation is 1. The molecule has 1 aromatic heterocycles. The van der Waals surface area contributed by atoms with Crippen LogP contribution in [0.5, 0.6) is 0 Å². The number of aromatic nitrogens is 1. The zero-order valence-corrected chi connectivity index (χ0v) is 24.2. The van der Waals surface area contributed by atoms with Gasteiger partial charge in [-0.25, -0.2) is 4.98 Å². The van der Waals surface area contributed by atoms with Gasteiger partial charge in [0.05, 0.1) is 21.7 Å². The van der Waals surface area contributed by atoms with Gasteiger partial charge in [-0.05, 0) is 109 Å². The Labute approximate surface area is 240 Å². The lowest BCUT2D eigenvalue weighted by Gasteiger charge is -2.57. The fraction of sp³-hybridized carbons (Fsp3) is 0.645. The smallest absolute Gasteiger partial charge is 0.396 e. The van der Waals surface area contributed by atoms with Crippen LogP contribution >= 0.6 is 11.3 Å². The first-order valence-corrected chi connectivity index (χ1v) is 15.3. The lowest BCUT2D eigenvalue weighted by atomic mass is 9.47. The number of benzene rings is 1. The van der Waals surface area contributed by atoms with E-state index in [4.69, 9.17) is 0 Å². The molecule has 0 aliphatic heterocycles. The second-order valence-electron chi connectivity index (χ2n) is 13.3. The molecule has 2 fully saturated rings. The Morgan fingerprint density at radius 3 is 2.32 bits per heavy atom. The van der Waals surface area contributed by atoms with Gasteiger partial charge in [0.25, 0.3) is 0 Å². The van der Waals surface area contributed by atoms with E-state index in [2.05, 4.69) is 37.1 Å². The molecule has 41 heavy (non-hydrogen) atoms. The summed E-state index contributed by atoms with van der Waals surface area (Å²) in [4.78, 5) is 5.65. The first-order chi connectivity index (χ1) is 19.1. The second-order valence-corrected chi connectivity index (χ2v) is 14.2. The minimum absolute atomic E-state index is 0.0403. The normalized spacial score (nSPS) is 33.8. The summed E-state index contributed by atoms with van der Waals surface area (Å²) in [6.45, 7) is 7.19. The molecular weight excluding hydrogens is 562 g/mol. The molecule has 0 unspecified atom stereocenters. The van der Waals surface area contributed by atoms with Gasteiger partial charge in [0, 0.05) is 12.3 Å². The largest absolute Gasteiger partial charge is 0.416 e. The van der Waals surface area contributed by atoms with E-state index in [1.807, 2.05) is 0 Å². The predicted octanol–water partition coefficient (Wildman–Crippen LogP) is 9.35. The van der Waals surface area contributed by atoms with Gasteiger partial charge in [-0.1, -0.05) is 38.2 Å². The zero-order chi connectivity index (χ0) is 29.5. The molecule has 10 heteroatoms. The molecule has 0 amide bonds. The summed E-state index contributed by atoms with van der Waals surface area (Å²) in [6.07, 6.45) is -0.194. The van der Waals surface area contributed by atoms with Crippen molar-refractivity contribution in [2.45, 2.75) is 78.1 Å². The molecule has 2 N–H and O–H groups in total. The van der Waals surface area contributed by atoms with Crippen molar-refractivity contribution in [3.05, 3.63) is 46.0 Å².